The second-order valence-electron chi connectivity index (χ2n) is 2.36. The third-order valence-electron chi connectivity index (χ3n) is 1.65. The predicted octanol–water partition coefficient (Wildman–Crippen LogP) is 2.65. The van der Waals surface area contributed by atoms with Gasteiger partial charge in [-0.1, -0.05) is 11.8 Å². The molecule has 0 saturated carbocycles. The van der Waals surface area contributed by atoms with Crippen LogP contribution in [-0.2, 0) is 12.2 Å². The van der Waals surface area contributed by atoms with Gasteiger partial charge >= 0.3 is 0 Å². The van der Waals surface area contributed by atoms with Gasteiger partial charge in [0, 0.05) is 10.6 Å². The topological polar surface area (TPSA) is 12.9 Å². The van der Waals surface area contributed by atoms with Crippen molar-refractivity contribution in [2.24, 2.45) is 0 Å². The van der Waals surface area contributed by atoms with Crippen LogP contribution in [0.1, 0.15) is 10.6 Å². The number of aromatic nitrogens is 1. The first-order chi connectivity index (χ1) is 5.40. The molecule has 1 aliphatic heterocycles. The van der Waals surface area contributed by atoms with Crippen LogP contribution in [0.5, 0.6) is 0 Å². The Bertz CT molecular complexity index is 233. The molecule has 0 amide bonds. The molecular formula is C7H9NS3. The van der Waals surface area contributed by atoms with Gasteiger partial charge in [0.1, 0.15) is 4.34 Å². The van der Waals surface area contributed by atoms with Crippen LogP contribution in [0.2, 0.25) is 0 Å². The molecule has 2 heterocycles. The molecule has 0 aliphatic carbocycles. The number of hydrogen-bond donors (Lipinski definition) is 0. The van der Waals surface area contributed by atoms with Crippen molar-refractivity contribution >= 4 is 34.9 Å². The van der Waals surface area contributed by atoms with Crippen LogP contribution in [0, 0.1) is 0 Å². The van der Waals surface area contributed by atoms with Crippen molar-refractivity contribution in [2.45, 2.75) is 16.5 Å². The highest BCUT2D eigenvalue weighted by molar-refractivity contribution is 8.00. The number of aryl methyl sites for hydroxylation is 1. The van der Waals surface area contributed by atoms with E-state index < -0.39 is 0 Å². The molecule has 1 aliphatic rings. The average molecular weight is 203 g/mol. The molecule has 4 heteroatoms. The van der Waals surface area contributed by atoms with Gasteiger partial charge in [-0.25, -0.2) is 4.98 Å². The quantitative estimate of drug-likeness (QED) is 0.651. The minimum atomic E-state index is 1.18. The van der Waals surface area contributed by atoms with E-state index in [2.05, 4.69) is 11.2 Å². The summed E-state index contributed by atoms with van der Waals surface area (Å²) in [4.78, 5) is 6.04. The Balaban J connectivity index is 2.32. The molecule has 0 aromatic carbocycles. The summed E-state index contributed by atoms with van der Waals surface area (Å²) in [5.74, 6) is 2.44. The Hall–Kier alpha value is 0.330. The van der Waals surface area contributed by atoms with E-state index in [1.54, 1.807) is 11.8 Å². The van der Waals surface area contributed by atoms with Crippen molar-refractivity contribution in [2.75, 3.05) is 12.0 Å². The summed E-state index contributed by atoms with van der Waals surface area (Å²) in [6.07, 6.45) is 3.27. The van der Waals surface area contributed by atoms with Crippen LogP contribution in [-0.4, -0.2) is 17.0 Å². The van der Waals surface area contributed by atoms with Crippen LogP contribution >= 0.6 is 34.9 Å². The van der Waals surface area contributed by atoms with E-state index in [0.29, 0.717) is 0 Å². The second kappa shape index (κ2) is 3.37. The van der Waals surface area contributed by atoms with E-state index in [0.717, 1.165) is 0 Å². The first-order valence-corrected chi connectivity index (χ1v) is 6.70. The molecule has 0 unspecified atom stereocenters. The van der Waals surface area contributed by atoms with Gasteiger partial charge in [-0.3, -0.25) is 0 Å². The lowest BCUT2D eigenvalue weighted by atomic mass is 10.3. The molecule has 1 aromatic rings. The van der Waals surface area contributed by atoms with Gasteiger partial charge in [0.15, 0.2) is 0 Å². The predicted molar refractivity (Wildman–Crippen MR) is 53.8 cm³/mol. The van der Waals surface area contributed by atoms with Crippen molar-refractivity contribution in [3.8, 4) is 0 Å². The largest absolute Gasteiger partial charge is 0.234 e. The molecule has 1 nitrogen and oxygen atoms in total. The van der Waals surface area contributed by atoms with E-state index in [-0.39, 0.29) is 0 Å². The summed E-state index contributed by atoms with van der Waals surface area (Å²) in [6, 6.07) is 0. The minimum Gasteiger partial charge on any atom is -0.234 e. The Morgan fingerprint density at radius 1 is 1.55 bits per heavy atom. The van der Waals surface area contributed by atoms with Gasteiger partial charge in [0.25, 0.3) is 0 Å². The SMILES string of the molecule is CSc1nc2c(s1)CSCC2. The lowest BCUT2D eigenvalue weighted by molar-refractivity contribution is 1.00. The van der Waals surface area contributed by atoms with Gasteiger partial charge in [0.05, 0.1) is 5.69 Å². The monoisotopic (exact) mass is 203 g/mol. The number of hydrogen-bond acceptors (Lipinski definition) is 4. The average Bonchev–Trinajstić information content (AvgIpc) is 2.46. The standard InChI is InChI=1S/C7H9NS3/c1-9-7-8-5-2-3-10-4-6(5)11-7/h2-4H2,1H3. The molecule has 11 heavy (non-hydrogen) atoms. The number of thioether (sulfide) groups is 2. The summed E-state index contributed by atoms with van der Waals surface area (Å²) in [5, 5.41) is 0. The van der Waals surface area contributed by atoms with Gasteiger partial charge in [-0.15, -0.1) is 11.3 Å². The second-order valence-corrected chi connectivity index (χ2v) is 5.60. The van der Waals surface area contributed by atoms with Crippen LogP contribution in [0.3, 0.4) is 0 Å². The van der Waals surface area contributed by atoms with E-state index in [1.807, 2.05) is 23.1 Å². The van der Waals surface area contributed by atoms with Gasteiger partial charge in [-0.2, -0.15) is 11.8 Å². The lowest BCUT2D eigenvalue weighted by Gasteiger charge is -2.06. The molecular weight excluding hydrogens is 194 g/mol. The van der Waals surface area contributed by atoms with Crippen LogP contribution in [0.15, 0.2) is 4.34 Å². The molecule has 0 bridgehead atoms. The highest BCUT2D eigenvalue weighted by Crippen LogP contribution is 2.32. The Morgan fingerprint density at radius 3 is 3.18 bits per heavy atom. The highest BCUT2D eigenvalue weighted by Gasteiger charge is 2.14. The van der Waals surface area contributed by atoms with Crippen molar-refractivity contribution < 1.29 is 0 Å². The fourth-order valence-electron chi connectivity index (χ4n) is 1.09. The van der Waals surface area contributed by atoms with E-state index in [4.69, 9.17) is 0 Å². The zero-order valence-corrected chi connectivity index (χ0v) is 8.74. The number of nitrogens with zero attached hydrogens (tertiary/aromatic N) is 1. The fourth-order valence-corrected chi connectivity index (χ4v) is 3.88. The normalized spacial score (nSPS) is 16.5. The molecule has 2 rings (SSSR count). The molecule has 0 N–H and O–H groups in total. The third kappa shape index (κ3) is 1.58. The molecule has 0 radical (unpaired) electrons. The summed E-state index contributed by atoms with van der Waals surface area (Å²) >= 11 is 5.65. The Labute approximate surface area is 79.0 Å². The molecule has 0 saturated heterocycles. The molecule has 60 valence electrons. The first kappa shape index (κ1) is 7.95. The van der Waals surface area contributed by atoms with Gasteiger partial charge < -0.3 is 0 Å². The minimum absolute atomic E-state index is 1.18. The van der Waals surface area contributed by atoms with Crippen molar-refractivity contribution in [3.05, 3.63) is 10.6 Å². The van der Waals surface area contributed by atoms with E-state index >= 15 is 0 Å². The summed E-state index contributed by atoms with van der Waals surface area (Å²) in [6.45, 7) is 0. The number of rotatable bonds is 1. The van der Waals surface area contributed by atoms with E-state index in [9.17, 15) is 0 Å². The summed E-state index contributed by atoms with van der Waals surface area (Å²) < 4.78 is 1.23. The lowest BCUT2D eigenvalue weighted by Crippen LogP contribution is -1.98. The Morgan fingerprint density at radius 2 is 2.45 bits per heavy atom. The number of thiazole rings is 1. The zero-order chi connectivity index (χ0) is 7.68. The van der Waals surface area contributed by atoms with Crippen molar-refractivity contribution in [1.82, 2.24) is 4.98 Å². The maximum atomic E-state index is 4.54. The third-order valence-corrected chi connectivity index (χ3v) is 4.90. The molecule has 0 spiro atoms. The molecule has 1 aromatic heterocycles. The maximum Gasteiger partial charge on any atom is 0.150 e. The van der Waals surface area contributed by atoms with Crippen LogP contribution in [0.4, 0.5) is 0 Å². The fraction of sp³-hybridized carbons (Fsp3) is 0.571. The van der Waals surface area contributed by atoms with Gasteiger partial charge in [-0.05, 0) is 18.4 Å². The highest BCUT2D eigenvalue weighted by atomic mass is 32.2. The first-order valence-electron chi connectivity index (χ1n) is 3.50. The molecule has 0 fully saturated rings. The van der Waals surface area contributed by atoms with Crippen molar-refractivity contribution in [3.63, 3.8) is 0 Å². The van der Waals surface area contributed by atoms with Crippen molar-refractivity contribution in [1.29, 1.82) is 0 Å². The van der Waals surface area contributed by atoms with Gasteiger partial charge in [0.2, 0.25) is 0 Å². The van der Waals surface area contributed by atoms with E-state index in [1.165, 1.54) is 32.8 Å². The molecule has 0 atom stereocenters. The Kier molecular flexibility index (Phi) is 2.44. The summed E-state index contributed by atoms with van der Waals surface area (Å²) in [5.41, 5.74) is 1.36. The zero-order valence-electron chi connectivity index (χ0n) is 6.29. The maximum absolute atomic E-state index is 4.54. The summed E-state index contributed by atoms with van der Waals surface area (Å²) in [7, 11) is 0. The number of fused-ring (bicyclic) bond motifs is 1. The smallest absolute Gasteiger partial charge is 0.150 e. The van der Waals surface area contributed by atoms with Crippen LogP contribution in [0.25, 0.3) is 0 Å². The van der Waals surface area contributed by atoms with Crippen LogP contribution < -0.4 is 0 Å².